The van der Waals surface area contributed by atoms with Gasteiger partial charge in [-0.15, -0.1) is 11.6 Å². The standard InChI is InChI=1S/C16H18Cl2N2O2/c1-4-12-9-14(22-15(21)16(2,3)10-17)20(19-12)13-7-5-11(18)6-8-13/h5-9H,4,10H2,1-3H3. The molecule has 0 bridgehead atoms. The number of alkyl halides is 1. The van der Waals surface area contributed by atoms with Crippen LogP contribution in [0.15, 0.2) is 30.3 Å². The number of carbonyl (C=O) groups excluding carboxylic acids is 1. The van der Waals surface area contributed by atoms with Gasteiger partial charge in [-0.2, -0.15) is 5.10 Å². The third-order valence-electron chi connectivity index (χ3n) is 3.24. The minimum atomic E-state index is -0.761. The molecule has 0 atom stereocenters. The number of hydrogen-bond acceptors (Lipinski definition) is 3. The number of aromatic nitrogens is 2. The summed E-state index contributed by atoms with van der Waals surface area (Å²) in [6.07, 6.45) is 0.740. The zero-order valence-corrected chi connectivity index (χ0v) is 14.3. The highest BCUT2D eigenvalue weighted by molar-refractivity contribution is 6.30. The van der Waals surface area contributed by atoms with E-state index >= 15 is 0 Å². The summed E-state index contributed by atoms with van der Waals surface area (Å²) < 4.78 is 7.11. The molecule has 2 aromatic rings. The number of ether oxygens (including phenoxy) is 1. The molecule has 1 heterocycles. The van der Waals surface area contributed by atoms with E-state index in [4.69, 9.17) is 27.9 Å². The average molecular weight is 341 g/mol. The van der Waals surface area contributed by atoms with Crippen LogP contribution >= 0.6 is 23.2 Å². The summed E-state index contributed by atoms with van der Waals surface area (Å²) in [4.78, 5) is 12.2. The van der Waals surface area contributed by atoms with Crippen LogP contribution in [0.25, 0.3) is 5.69 Å². The number of hydrogen-bond donors (Lipinski definition) is 0. The summed E-state index contributed by atoms with van der Waals surface area (Å²) in [6.45, 7) is 5.47. The summed E-state index contributed by atoms with van der Waals surface area (Å²) >= 11 is 11.7. The van der Waals surface area contributed by atoms with E-state index in [-0.39, 0.29) is 11.8 Å². The second-order valence-corrected chi connectivity index (χ2v) is 6.33. The van der Waals surface area contributed by atoms with Gasteiger partial charge in [-0.05, 0) is 44.5 Å². The third kappa shape index (κ3) is 3.62. The molecule has 0 N–H and O–H groups in total. The van der Waals surface area contributed by atoms with Gasteiger partial charge in [0.25, 0.3) is 0 Å². The topological polar surface area (TPSA) is 44.1 Å². The van der Waals surface area contributed by atoms with Gasteiger partial charge >= 0.3 is 5.97 Å². The maximum absolute atomic E-state index is 12.2. The van der Waals surface area contributed by atoms with Crippen LogP contribution in [0.5, 0.6) is 5.88 Å². The van der Waals surface area contributed by atoms with Gasteiger partial charge in [0.05, 0.1) is 16.8 Å². The number of halogens is 2. The molecule has 0 spiro atoms. The van der Waals surface area contributed by atoms with Crippen molar-refractivity contribution in [3.05, 3.63) is 41.0 Å². The Kier molecular flexibility index (Phi) is 5.14. The van der Waals surface area contributed by atoms with Crippen molar-refractivity contribution < 1.29 is 9.53 Å². The number of rotatable bonds is 5. The Morgan fingerprint density at radius 3 is 2.50 bits per heavy atom. The van der Waals surface area contributed by atoms with Gasteiger partial charge in [0, 0.05) is 17.0 Å². The number of nitrogens with zero attached hydrogens (tertiary/aromatic N) is 2. The van der Waals surface area contributed by atoms with Gasteiger partial charge in [-0.1, -0.05) is 18.5 Å². The Morgan fingerprint density at radius 1 is 1.32 bits per heavy atom. The minimum Gasteiger partial charge on any atom is -0.407 e. The molecule has 0 unspecified atom stereocenters. The molecule has 4 nitrogen and oxygen atoms in total. The van der Waals surface area contributed by atoms with E-state index in [1.54, 1.807) is 36.7 Å². The van der Waals surface area contributed by atoms with Crippen LogP contribution in [0.4, 0.5) is 0 Å². The Labute approximate surface area is 140 Å². The summed E-state index contributed by atoms with van der Waals surface area (Å²) in [5, 5.41) is 5.09. The molecule has 0 aliphatic heterocycles. The molecular formula is C16H18Cl2N2O2. The van der Waals surface area contributed by atoms with Crippen LogP contribution in [0.2, 0.25) is 5.02 Å². The van der Waals surface area contributed by atoms with Gasteiger partial charge in [-0.25, -0.2) is 4.68 Å². The molecule has 118 valence electrons. The second-order valence-electron chi connectivity index (χ2n) is 5.62. The van der Waals surface area contributed by atoms with E-state index in [0.29, 0.717) is 10.9 Å². The average Bonchev–Trinajstić information content (AvgIpc) is 2.91. The molecular weight excluding hydrogens is 323 g/mol. The van der Waals surface area contributed by atoms with Crippen LogP contribution in [0.3, 0.4) is 0 Å². The van der Waals surface area contributed by atoms with Crippen LogP contribution in [0.1, 0.15) is 26.5 Å². The molecule has 0 saturated heterocycles. The zero-order valence-electron chi connectivity index (χ0n) is 12.8. The van der Waals surface area contributed by atoms with Gasteiger partial charge in [0.1, 0.15) is 0 Å². The van der Waals surface area contributed by atoms with E-state index in [0.717, 1.165) is 17.8 Å². The van der Waals surface area contributed by atoms with Gasteiger partial charge < -0.3 is 4.74 Å². The van der Waals surface area contributed by atoms with Crippen LogP contribution < -0.4 is 4.74 Å². The van der Waals surface area contributed by atoms with E-state index in [1.807, 2.05) is 19.1 Å². The Morgan fingerprint density at radius 2 is 1.95 bits per heavy atom. The lowest BCUT2D eigenvalue weighted by atomic mass is 9.97. The largest absolute Gasteiger partial charge is 0.407 e. The lowest BCUT2D eigenvalue weighted by Crippen LogP contribution is -2.31. The molecule has 0 saturated carbocycles. The SMILES string of the molecule is CCc1cc(OC(=O)C(C)(C)CCl)n(-c2ccc(Cl)cc2)n1. The van der Waals surface area contributed by atoms with E-state index in [9.17, 15) is 4.79 Å². The molecule has 0 aliphatic carbocycles. The molecule has 0 fully saturated rings. The van der Waals surface area contributed by atoms with Gasteiger partial charge in [0.15, 0.2) is 0 Å². The first-order valence-electron chi connectivity index (χ1n) is 7.00. The predicted octanol–water partition coefficient (Wildman–Crippen LogP) is 4.26. The zero-order chi connectivity index (χ0) is 16.3. The molecule has 22 heavy (non-hydrogen) atoms. The van der Waals surface area contributed by atoms with Crippen molar-refractivity contribution >= 4 is 29.2 Å². The van der Waals surface area contributed by atoms with Crippen molar-refractivity contribution in [3.8, 4) is 11.6 Å². The number of benzene rings is 1. The lowest BCUT2D eigenvalue weighted by molar-refractivity contribution is -0.143. The first-order valence-corrected chi connectivity index (χ1v) is 7.91. The second kappa shape index (κ2) is 6.71. The van der Waals surface area contributed by atoms with Crippen molar-refractivity contribution in [3.63, 3.8) is 0 Å². The molecule has 0 radical (unpaired) electrons. The maximum Gasteiger partial charge on any atom is 0.319 e. The predicted molar refractivity (Wildman–Crippen MR) is 88.1 cm³/mol. The van der Waals surface area contributed by atoms with Crippen LogP contribution in [-0.4, -0.2) is 21.6 Å². The first-order chi connectivity index (χ1) is 10.4. The van der Waals surface area contributed by atoms with Crippen LogP contribution in [-0.2, 0) is 11.2 Å². The summed E-state index contributed by atoms with van der Waals surface area (Å²) in [5.74, 6) is 0.171. The van der Waals surface area contributed by atoms with E-state index < -0.39 is 5.41 Å². The highest BCUT2D eigenvalue weighted by Crippen LogP contribution is 2.25. The quantitative estimate of drug-likeness (QED) is 0.603. The fraction of sp³-hybridized carbons (Fsp3) is 0.375. The Hall–Kier alpha value is -1.52. The minimum absolute atomic E-state index is 0.182. The molecule has 2 rings (SSSR count). The molecule has 0 amide bonds. The summed E-state index contributed by atoms with van der Waals surface area (Å²) in [7, 11) is 0. The fourth-order valence-corrected chi connectivity index (χ4v) is 1.95. The Balaban J connectivity index is 2.37. The first kappa shape index (κ1) is 16.8. The maximum atomic E-state index is 12.2. The van der Waals surface area contributed by atoms with Crippen molar-refractivity contribution in [1.82, 2.24) is 9.78 Å². The number of aryl methyl sites for hydroxylation is 1. The van der Waals surface area contributed by atoms with Gasteiger partial charge in [-0.3, -0.25) is 4.79 Å². The molecule has 6 heteroatoms. The lowest BCUT2D eigenvalue weighted by Gasteiger charge is -2.19. The van der Waals surface area contributed by atoms with Crippen molar-refractivity contribution in [2.45, 2.75) is 27.2 Å². The Bertz CT molecular complexity index is 663. The highest BCUT2D eigenvalue weighted by atomic mass is 35.5. The van der Waals surface area contributed by atoms with E-state index in [2.05, 4.69) is 5.10 Å². The molecule has 1 aromatic carbocycles. The van der Waals surface area contributed by atoms with E-state index in [1.165, 1.54) is 0 Å². The normalized spacial score (nSPS) is 11.5. The van der Waals surface area contributed by atoms with Crippen molar-refractivity contribution in [2.75, 3.05) is 5.88 Å². The molecule has 0 aliphatic rings. The van der Waals surface area contributed by atoms with Crippen LogP contribution in [0, 0.1) is 5.41 Å². The number of carbonyl (C=O) groups is 1. The summed E-state index contributed by atoms with van der Waals surface area (Å²) in [6, 6.07) is 8.92. The summed E-state index contributed by atoms with van der Waals surface area (Å²) in [5.41, 5.74) is 0.847. The van der Waals surface area contributed by atoms with Gasteiger partial charge in [0.2, 0.25) is 5.88 Å². The van der Waals surface area contributed by atoms with Crippen molar-refractivity contribution in [2.24, 2.45) is 5.41 Å². The smallest absolute Gasteiger partial charge is 0.319 e. The number of esters is 1. The highest BCUT2D eigenvalue weighted by Gasteiger charge is 2.30. The fourth-order valence-electron chi connectivity index (χ4n) is 1.71. The monoisotopic (exact) mass is 340 g/mol. The van der Waals surface area contributed by atoms with Crippen molar-refractivity contribution in [1.29, 1.82) is 0 Å². The third-order valence-corrected chi connectivity index (χ3v) is 4.16. The molecule has 1 aromatic heterocycles.